The topological polar surface area (TPSA) is 89.3 Å². The van der Waals surface area contributed by atoms with Gasteiger partial charge >= 0.3 is 0 Å². The molecule has 2 atom stereocenters. The second-order valence-electron chi connectivity index (χ2n) is 4.34. The number of nitrogens with one attached hydrogen (secondary N) is 1. The zero-order chi connectivity index (χ0) is 13.9. The van der Waals surface area contributed by atoms with Gasteiger partial charge in [0.2, 0.25) is 10.0 Å². The number of sulfonamides is 1. The molecule has 1 rings (SSSR count). The van der Waals surface area contributed by atoms with E-state index in [0.29, 0.717) is 5.69 Å². The summed E-state index contributed by atoms with van der Waals surface area (Å²) in [6, 6.07) is 4.27. The molecule has 0 saturated carbocycles. The van der Waals surface area contributed by atoms with Crippen molar-refractivity contribution < 1.29 is 12.6 Å². The van der Waals surface area contributed by atoms with Gasteiger partial charge in [0.15, 0.2) is 0 Å². The quantitative estimate of drug-likeness (QED) is 0.778. The molecule has 0 heterocycles. The van der Waals surface area contributed by atoms with Crippen molar-refractivity contribution in [2.24, 2.45) is 0 Å². The van der Waals surface area contributed by atoms with Crippen LogP contribution in [0.1, 0.15) is 12.5 Å². The van der Waals surface area contributed by atoms with Crippen LogP contribution in [0.3, 0.4) is 0 Å². The highest BCUT2D eigenvalue weighted by molar-refractivity contribution is 7.89. The first-order valence-corrected chi connectivity index (χ1v) is 8.61. The van der Waals surface area contributed by atoms with Gasteiger partial charge < -0.3 is 5.73 Å². The summed E-state index contributed by atoms with van der Waals surface area (Å²) in [5, 5.41) is 0. The molecule has 0 saturated heterocycles. The Morgan fingerprint density at radius 2 is 2.00 bits per heavy atom. The average molecular weight is 290 g/mol. The van der Waals surface area contributed by atoms with Gasteiger partial charge in [-0.1, -0.05) is 0 Å². The maximum absolute atomic E-state index is 12.1. The molecule has 2 unspecified atom stereocenters. The number of nitrogen functional groups attached to an aromatic ring is 1. The van der Waals surface area contributed by atoms with Crippen LogP contribution in [0.25, 0.3) is 0 Å². The summed E-state index contributed by atoms with van der Waals surface area (Å²) in [7, 11) is -4.66. The van der Waals surface area contributed by atoms with Crippen LogP contribution in [-0.2, 0) is 20.8 Å². The first-order valence-electron chi connectivity index (χ1n) is 5.40. The Labute approximate surface area is 110 Å². The smallest absolute Gasteiger partial charge is 0.240 e. The van der Waals surface area contributed by atoms with E-state index in [9.17, 15) is 12.6 Å². The SMILES string of the molecule is Cc1cc(N)cc(S(=O)(=O)NC(C)CS(C)=O)c1. The van der Waals surface area contributed by atoms with E-state index in [1.165, 1.54) is 12.3 Å². The number of benzene rings is 1. The van der Waals surface area contributed by atoms with Crippen molar-refractivity contribution in [3.8, 4) is 0 Å². The van der Waals surface area contributed by atoms with Crippen LogP contribution in [0.2, 0.25) is 0 Å². The standard InChI is InChI=1S/C11H18N2O3S2/c1-8-4-10(12)6-11(5-8)18(15,16)13-9(2)7-17(3)14/h4-6,9,13H,7,12H2,1-3H3. The van der Waals surface area contributed by atoms with Crippen molar-refractivity contribution in [3.63, 3.8) is 0 Å². The van der Waals surface area contributed by atoms with Gasteiger partial charge in [-0.15, -0.1) is 0 Å². The van der Waals surface area contributed by atoms with Gasteiger partial charge in [-0.3, -0.25) is 4.21 Å². The number of anilines is 1. The molecule has 5 nitrogen and oxygen atoms in total. The van der Waals surface area contributed by atoms with Gasteiger partial charge in [-0.2, -0.15) is 0 Å². The summed E-state index contributed by atoms with van der Waals surface area (Å²) >= 11 is 0. The number of hydrogen-bond acceptors (Lipinski definition) is 4. The van der Waals surface area contributed by atoms with Gasteiger partial charge in [0, 0.05) is 34.5 Å². The molecule has 0 aliphatic carbocycles. The third-order valence-corrected chi connectivity index (χ3v) is 4.76. The van der Waals surface area contributed by atoms with Crippen molar-refractivity contribution in [3.05, 3.63) is 23.8 Å². The lowest BCUT2D eigenvalue weighted by Gasteiger charge is -2.13. The van der Waals surface area contributed by atoms with Crippen molar-refractivity contribution >= 4 is 26.5 Å². The van der Waals surface area contributed by atoms with Crippen molar-refractivity contribution in [1.29, 1.82) is 0 Å². The predicted molar refractivity (Wildman–Crippen MR) is 74.3 cm³/mol. The van der Waals surface area contributed by atoms with E-state index in [4.69, 9.17) is 5.73 Å². The summed E-state index contributed by atoms with van der Waals surface area (Å²) in [6.45, 7) is 3.46. The highest BCUT2D eigenvalue weighted by Crippen LogP contribution is 2.16. The van der Waals surface area contributed by atoms with Crippen molar-refractivity contribution in [1.82, 2.24) is 4.72 Å². The molecule has 1 aromatic carbocycles. The molecule has 0 aromatic heterocycles. The lowest BCUT2D eigenvalue weighted by atomic mass is 10.2. The van der Waals surface area contributed by atoms with E-state index < -0.39 is 20.8 Å². The zero-order valence-corrected chi connectivity index (χ0v) is 12.3. The van der Waals surface area contributed by atoms with Crippen LogP contribution in [0.4, 0.5) is 5.69 Å². The molecule has 3 N–H and O–H groups in total. The maximum Gasteiger partial charge on any atom is 0.240 e. The Kier molecular flexibility index (Phi) is 4.89. The molecule has 18 heavy (non-hydrogen) atoms. The minimum Gasteiger partial charge on any atom is -0.399 e. The Balaban J connectivity index is 2.96. The van der Waals surface area contributed by atoms with E-state index in [1.807, 2.05) is 0 Å². The van der Waals surface area contributed by atoms with Crippen LogP contribution in [-0.4, -0.2) is 30.7 Å². The van der Waals surface area contributed by atoms with Crippen molar-refractivity contribution in [2.75, 3.05) is 17.7 Å². The summed E-state index contributed by atoms with van der Waals surface area (Å²) < 4.78 is 37.6. The van der Waals surface area contributed by atoms with Gasteiger partial charge in [-0.25, -0.2) is 13.1 Å². The molecule has 0 bridgehead atoms. The fourth-order valence-corrected chi connectivity index (χ4v) is 3.93. The largest absolute Gasteiger partial charge is 0.399 e. The number of rotatable bonds is 5. The van der Waals surface area contributed by atoms with Crippen LogP contribution >= 0.6 is 0 Å². The van der Waals surface area contributed by atoms with Crippen LogP contribution in [0.15, 0.2) is 23.1 Å². The molecule has 1 aromatic rings. The molecule has 7 heteroatoms. The first-order chi connectivity index (χ1) is 8.20. The minimum atomic E-state index is -3.61. The van der Waals surface area contributed by atoms with Crippen LogP contribution in [0, 0.1) is 6.92 Å². The molecule has 0 spiro atoms. The Morgan fingerprint density at radius 3 is 2.50 bits per heavy atom. The molecule has 0 aliphatic heterocycles. The number of aryl methyl sites for hydroxylation is 1. The molecule has 102 valence electrons. The van der Waals surface area contributed by atoms with E-state index in [1.54, 1.807) is 26.0 Å². The zero-order valence-electron chi connectivity index (χ0n) is 10.6. The molecular formula is C11H18N2O3S2. The molecule has 0 amide bonds. The second kappa shape index (κ2) is 5.81. The third-order valence-electron chi connectivity index (χ3n) is 2.22. The fraction of sp³-hybridized carbons (Fsp3) is 0.455. The second-order valence-corrected chi connectivity index (χ2v) is 7.54. The molecule has 0 aliphatic rings. The maximum atomic E-state index is 12.1. The molecule has 0 fully saturated rings. The summed E-state index contributed by atoms with van der Waals surface area (Å²) in [5.41, 5.74) is 6.81. The first kappa shape index (κ1) is 15.1. The predicted octanol–water partition coefficient (Wildman–Crippen LogP) is 0.623. The van der Waals surface area contributed by atoms with E-state index in [-0.39, 0.29) is 16.7 Å². The van der Waals surface area contributed by atoms with Crippen LogP contribution < -0.4 is 10.5 Å². The summed E-state index contributed by atoms with van der Waals surface area (Å²) in [6.07, 6.45) is 1.54. The summed E-state index contributed by atoms with van der Waals surface area (Å²) in [4.78, 5) is 0.133. The normalized spacial score (nSPS) is 15.3. The summed E-state index contributed by atoms with van der Waals surface area (Å²) in [5.74, 6) is 0.278. The van der Waals surface area contributed by atoms with Gasteiger partial charge in [-0.05, 0) is 37.6 Å². The lowest BCUT2D eigenvalue weighted by molar-refractivity contribution is 0.570. The lowest BCUT2D eigenvalue weighted by Crippen LogP contribution is -2.36. The third kappa shape index (κ3) is 4.40. The van der Waals surface area contributed by atoms with Crippen LogP contribution in [0.5, 0.6) is 0 Å². The Bertz CT molecular complexity index is 535. The van der Waals surface area contributed by atoms with E-state index in [2.05, 4.69) is 4.72 Å². The molecular weight excluding hydrogens is 272 g/mol. The van der Waals surface area contributed by atoms with Gasteiger partial charge in [0.1, 0.15) is 0 Å². The highest BCUT2D eigenvalue weighted by Gasteiger charge is 2.18. The van der Waals surface area contributed by atoms with Gasteiger partial charge in [0.05, 0.1) is 4.90 Å². The van der Waals surface area contributed by atoms with E-state index in [0.717, 1.165) is 5.56 Å². The average Bonchev–Trinajstić information content (AvgIpc) is 2.13. The minimum absolute atomic E-state index is 0.133. The van der Waals surface area contributed by atoms with E-state index >= 15 is 0 Å². The molecule has 0 radical (unpaired) electrons. The fourth-order valence-electron chi connectivity index (χ4n) is 1.65. The Morgan fingerprint density at radius 1 is 1.39 bits per heavy atom. The van der Waals surface area contributed by atoms with Crippen molar-refractivity contribution in [2.45, 2.75) is 24.8 Å². The number of nitrogens with two attached hydrogens (primary N) is 1. The number of hydrogen-bond donors (Lipinski definition) is 2. The van der Waals surface area contributed by atoms with Gasteiger partial charge in [0.25, 0.3) is 0 Å². The highest BCUT2D eigenvalue weighted by atomic mass is 32.2. The Hall–Kier alpha value is -0.920. The monoisotopic (exact) mass is 290 g/mol.